The average molecular weight is 298 g/mol. The van der Waals surface area contributed by atoms with Crippen molar-refractivity contribution in [2.24, 2.45) is 5.92 Å². The van der Waals surface area contributed by atoms with E-state index in [2.05, 4.69) is 15.3 Å². The third-order valence-electron chi connectivity index (χ3n) is 3.36. The molecule has 5 nitrogen and oxygen atoms in total. The quantitative estimate of drug-likeness (QED) is 0.906. The molecule has 1 aliphatic rings. The standard InChI is InChI=1S/C14H20ClN3O2/c1-9(2)13-17-7-11(15)12(18-13)14(19)16-5-3-10-4-6-20-8-10/h7,9-10H,3-6,8H2,1-2H3,(H,16,19). The summed E-state index contributed by atoms with van der Waals surface area (Å²) in [4.78, 5) is 20.5. The van der Waals surface area contributed by atoms with Gasteiger partial charge in [-0.3, -0.25) is 4.79 Å². The van der Waals surface area contributed by atoms with Crippen LogP contribution in [0.5, 0.6) is 0 Å². The third kappa shape index (κ3) is 3.90. The van der Waals surface area contributed by atoms with Crippen LogP contribution < -0.4 is 5.32 Å². The average Bonchev–Trinajstić information content (AvgIpc) is 2.92. The summed E-state index contributed by atoms with van der Waals surface area (Å²) in [5.74, 6) is 1.10. The lowest BCUT2D eigenvalue weighted by molar-refractivity contribution is 0.0945. The van der Waals surface area contributed by atoms with Crippen LogP contribution in [0.2, 0.25) is 5.02 Å². The molecular formula is C14H20ClN3O2. The highest BCUT2D eigenvalue weighted by atomic mass is 35.5. The maximum absolute atomic E-state index is 12.1. The summed E-state index contributed by atoms with van der Waals surface area (Å²) in [6.45, 7) is 6.19. The minimum atomic E-state index is -0.238. The molecule has 1 amide bonds. The van der Waals surface area contributed by atoms with Crippen LogP contribution in [-0.2, 0) is 4.74 Å². The second-order valence-corrected chi connectivity index (χ2v) is 5.76. The van der Waals surface area contributed by atoms with E-state index in [1.165, 1.54) is 6.20 Å². The van der Waals surface area contributed by atoms with Gasteiger partial charge in [-0.25, -0.2) is 9.97 Å². The first-order chi connectivity index (χ1) is 9.58. The number of nitrogens with one attached hydrogen (secondary N) is 1. The van der Waals surface area contributed by atoms with E-state index < -0.39 is 0 Å². The minimum absolute atomic E-state index is 0.162. The molecule has 0 aliphatic carbocycles. The van der Waals surface area contributed by atoms with E-state index in [0.29, 0.717) is 18.3 Å². The highest BCUT2D eigenvalue weighted by molar-refractivity contribution is 6.33. The number of hydrogen-bond acceptors (Lipinski definition) is 4. The molecule has 20 heavy (non-hydrogen) atoms. The van der Waals surface area contributed by atoms with Crippen LogP contribution in [0.15, 0.2) is 6.20 Å². The van der Waals surface area contributed by atoms with E-state index in [0.717, 1.165) is 26.1 Å². The summed E-state index contributed by atoms with van der Waals surface area (Å²) in [6, 6.07) is 0. The molecule has 1 aliphatic heterocycles. The van der Waals surface area contributed by atoms with Crippen molar-refractivity contribution in [1.29, 1.82) is 0 Å². The van der Waals surface area contributed by atoms with Crippen molar-refractivity contribution in [3.63, 3.8) is 0 Å². The fourth-order valence-electron chi connectivity index (χ4n) is 2.10. The van der Waals surface area contributed by atoms with Crippen LogP contribution in [0.1, 0.15) is 48.9 Å². The van der Waals surface area contributed by atoms with Crippen LogP contribution in [0.4, 0.5) is 0 Å². The van der Waals surface area contributed by atoms with Crippen LogP contribution in [0.25, 0.3) is 0 Å². The van der Waals surface area contributed by atoms with Crippen LogP contribution in [0, 0.1) is 5.92 Å². The molecule has 1 fully saturated rings. The van der Waals surface area contributed by atoms with Crippen molar-refractivity contribution < 1.29 is 9.53 Å². The molecule has 0 bridgehead atoms. The molecule has 1 saturated heterocycles. The number of rotatable bonds is 5. The van der Waals surface area contributed by atoms with Gasteiger partial charge in [-0.2, -0.15) is 0 Å². The molecule has 1 N–H and O–H groups in total. The van der Waals surface area contributed by atoms with Gasteiger partial charge in [-0.05, 0) is 18.8 Å². The summed E-state index contributed by atoms with van der Waals surface area (Å²) < 4.78 is 5.31. The summed E-state index contributed by atoms with van der Waals surface area (Å²) in [5.41, 5.74) is 0.257. The Bertz CT molecular complexity index is 473. The molecule has 1 unspecified atom stereocenters. The van der Waals surface area contributed by atoms with E-state index in [-0.39, 0.29) is 22.5 Å². The van der Waals surface area contributed by atoms with Gasteiger partial charge in [0.05, 0.1) is 11.2 Å². The highest BCUT2D eigenvalue weighted by Crippen LogP contribution is 2.17. The number of aromatic nitrogens is 2. The zero-order chi connectivity index (χ0) is 14.5. The second kappa shape index (κ2) is 6.99. The van der Waals surface area contributed by atoms with Crippen LogP contribution >= 0.6 is 11.6 Å². The Morgan fingerprint density at radius 1 is 1.60 bits per heavy atom. The Labute approximate surface area is 124 Å². The van der Waals surface area contributed by atoms with Crippen LogP contribution in [-0.4, -0.2) is 35.6 Å². The number of carbonyl (C=O) groups excluding carboxylic acids is 1. The number of halogens is 1. The van der Waals surface area contributed by atoms with E-state index in [1.807, 2.05) is 13.8 Å². The Hall–Kier alpha value is -1.20. The predicted octanol–water partition coefficient (Wildman–Crippen LogP) is 2.41. The van der Waals surface area contributed by atoms with Crippen molar-refractivity contribution in [1.82, 2.24) is 15.3 Å². The van der Waals surface area contributed by atoms with Crippen molar-refractivity contribution in [3.05, 3.63) is 22.7 Å². The van der Waals surface area contributed by atoms with Gasteiger partial charge in [0.25, 0.3) is 5.91 Å². The molecule has 0 spiro atoms. The predicted molar refractivity (Wildman–Crippen MR) is 77.0 cm³/mol. The van der Waals surface area contributed by atoms with Gasteiger partial charge in [0.15, 0.2) is 0 Å². The molecule has 110 valence electrons. The Morgan fingerprint density at radius 2 is 2.40 bits per heavy atom. The fourth-order valence-corrected chi connectivity index (χ4v) is 2.28. The van der Waals surface area contributed by atoms with Gasteiger partial charge in [-0.15, -0.1) is 0 Å². The summed E-state index contributed by atoms with van der Waals surface area (Å²) >= 11 is 6.00. The molecular weight excluding hydrogens is 278 g/mol. The van der Waals surface area contributed by atoms with Crippen molar-refractivity contribution in [2.45, 2.75) is 32.6 Å². The summed E-state index contributed by atoms with van der Waals surface area (Å²) in [6.07, 6.45) is 3.48. The molecule has 1 aromatic rings. The lowest BCUT2D eigenvalue weighted by atomic mass is 10.1. The second-order valence-electron chi connectivity index (χ2n) is 5.35. The number of ether oxygens (including phenoxy) is 1. The van der Waals surface area contributed by atoms with Crippen LogP contribution in [0.3, 0.4) is 0 Å². The van der Waals surface area contributed by atoms with Crippen molar-refractivity contribution in [3.8, 4) is 0 Å². The van der Waals surface area contributed by atoms with E-state index in [4.69, 9.17) is 16.3 Å². The molecule has 2 rings (SSSR count). The van der Waals surface area contributed by atoms with Gasteiger partial charge >= 0.3 is 0 Å². The van der Waals surface area contributed by atoms with E-state index in [9.17, 15) is 4.79 Å². The number of hydrogen-bond donors (Lipinski definition) is 1. The molecule has 1 aromatic heterocycles. The van der Waals surface area contributed by atoms with Crippen molar-refractivity contribution in [2.75, 3.05) is 19.8 Å². The first-order valence-corrected chi connectivity index (χ1v) is 7.34. The molecule has 2 heterocycles. The molecule has 0 radical (unpaired) electrons. The first-order valence-electron chi connectivity index (χ1n) is 6.96. The largest absolute Gasteiger partial charge is 0.381 e. The maximum Gasteiger partial charge on any atom is 0.271 e. The number of carbonyl (C=O) groups is 1. The minimum Gasteiger partial charge on any atom is -0.381 e. The lowest BCUT2D eigenvalue weighted by Gasteiger charge is -2.10. The fraction of sp³-hybridized carbons (Fsp3) is 0.643. The number of amides is 1. The number of nitrogens with zero attached hydrogens (tertiary/aromatic N) is 2. The summed E-state index contributed by atoms with van der Waals surface area (Å²) in [5, 5.41) is 3.15. The first kappa shape index (κ1) is 15.2. The third-order valence-corrected chi connectivity index (χ3v) is 3.63. The van der Waals surface area contributed by atoms with Gasteiger partial charge in [0.1, 0.15) is 11.5 Å². The molecule has 6 heteroatoms. The smallest absolute Gasteiger partial charge is 0.271 e. The molecule has 1 atom stereocenters. The van der Waals surface area contributed by atoms with E-state index >= 15 is 0 Å². The maximum atomic E-state index is 12.1. The zero-order valence-corrected chi connectivity index (χ0v) is 12.6. The normalized spacial score (nSPS) is 18.5. The monoisotopic (exact) mass is 297 g/mol. The van der Waals surface area contributed by atoms with Gasteiger partial charge in [0.2, 0.25) is 0 Å². The highest BCUT2D eigenvalue weighted by Gasteiger charge is 2.18. The van der Waals surface area contributed by atoms with Gasteiger partial charge < -0.3 is 10.1 Å². The molecule has 0 saturated carbocycles. The Morgan fingerprint density at radius 3 is 3.05 bits per heavy atom. The molecule has 0 aromatic carbocycles. The topological polar surface area (TPSA) is 64.1 Å². The van der Waals surface area contributed by atoms with E-state index in [1.54, 1.807) is 0 Å². The lowest BCUT2D eigenvalue weighted by Crippen LogP contribution is -2.27. The van der Waals surface area contributed by atoms with Gasteiger partial charge in [0, 0.05) is 25.7 Å². The van der Waals surface area contributed by atoms with Crippen molar-refractivity contribution >= 4 is 17.5 Å². The Balaban J connectivity index is 1.92. The SMILES string of the molecule is CC(C)c1ncc(Cl)c(C(=O)NCCC2CCOC2)n1. The Kier molecular flexibility index (Phi) is 5.31. The summed E-state index contributed by atoms with van der Waals surface area (Å²) in [7, 11) is 0. The van der Waals surface area contributed by atoms with Gasteiger partial charge in [-0.1, -0.05) is 25.4 Å². The zero-order valence-electron chi connectivity index (χ0n) is 11.9.